The van der Waals surface area contributed by atoms with Crippen molar-refractivity contribution in [1.82, 2.24) is 5.32 Å². The smallest absolute Gasteiger partial charge is 0.312 e. The highest BCUT2D eigenvalue weighted by molar-refractivity contribution is 7.85. The van der Waals surface area contributed by atoms with E-state index >= 15 is 0 Å². The molecule has 3 N–H and O–H groups in total. The van der Waals surface area contributed by atoms with Crippen LogP contribution >= 0.6 is 0 Å². The van der Waals surface area contributed by atoms with Gasteiger partial charge in [-0.1, -0.05) is 0 Å². The van der Waals surface area contributed by atoms with Crippen LogP contribution in [0, 0.1) is 0 Å². The van der Waals surface area contributed by atoms with Crippen molar-refractivity contribution in [2.45, 2.75) is 18.9 Å². The lowest BCUT2D eigenvalue weighted by molar-refractivity contribution is 0.244. The third-order valence-electron chi connectivity index (χ3n) is 1.73. The molecule has 0 spiro atoms. The maximum absolute atomic E-state index is 10.9. The zero-order valence-electron chi connectivity index (χ0n) is 6.21. The molecule has 64 valence electrons. The van der Waals surface area contributed by atoms with Gasteiger partial charge in [-0.3, -0.25) is 4.21 Å². The summed E-state index contributed by atoms with van der Waals surface area (Å²) in [5.74, 6) is 1.37. The Labute approximate surface area is 68.0 Å². The topological polar surface area (TPSA) is 72.2 Å². The predicted octanol–water partition coefficient (Wildman–Crippen LogP) is -0.434. The number of nitrogens with one attached hydrogen (secondary N) is 1. The average molecular weight is 176 g/mol. The standard InChI is InChI=1S/C6H12N2O2S/c7-6(9)8-5-1-3-11(10)4-2-5/h5H,1-4H2,(H3,7,8,9). The van der Waals surface area contributed by atoms with Crippen LogP contribution in [0.25, 0.3) is 0 Å². The first-order chi connectivity index (χ1) is 5.18. The predicted molar refractivity (Wildman–Crippen MR) is 43.6 cm³/mol. The third-order valence-corrected chi connectivity index (χ3v) is 3.12. The van der Waals surface area contributed by atoms with Gasteiger partial charge in [-0.25, -0.2) is 4.79 Å². The van der Waals surface area contributed by atoms with Gasteiger partial charge in [0.1, 0.15) is 0 Å². The van der Waals surface area contributed by atoms with Gasteiger partial charge in [-0.05, 0) is 12.8 Å². The summed E-state index contributed by atoms with van der Waals surface area (Å²) in [5, 5.41) is 2.61. The lowest BCUT2D eigenvalue weighted by Crippen LogP contribution is -2.42. The van der Waals surface area contributed by atoms with E-state index in [2.05, 4.69) is 5.32 Å². The van der Waals surface area contributed by atoms with Crippen molar-refractivity contribution in [3.05, 3.63) is 0 Å². The molecule has 0 atom stereocenters. The Hall–Kier alpha value is -0.580. The van der Waals surface area contributed by atoms with E-state index in [1.165, 1.54) is 0 Å². The second-order valence-electron chi connectivity index (χ2n) is 2.63. The van der Waals surface area contributed by atoms with Crippen molar-refractivity contribution in [3.63, 3.8) is 0 Å². The van der Waals surface area contributed by atoms with Crippen molar-refractivity contribution < 1.29 is 9.00 Å². The largest absolute Gasteiger partial charge is 0.352 e. The van der Waals surface area contributed by atoms with Gasteiger partial charge in [-0.2, -0.15) is 0 Å². The fraction of sp³-hybridized carbons (Fsp3) is 0.833. The molecule has 0 radical (unpaired) electrons. The van der Waals surface area contributed by atoms with Crippen LogP contribution in [0.1, 0.15) is 12.8 Å². The summed E-state index contributed by atoms with van der Waals surface area (Å²) < 4.78 is 10.9. The van der Waals surface area contributed by atoms with Gasteiger partial charge in [0.25, 0.3) is 0 Å². The van der Waals surface area contributed by atoms with Crippen LogP contribution in [0.5, 0.6) is 0 Å². The Bertz CT molecular complexity index is 173. The van der Waals surface area contributed by atoms with Crippen molar-refractivity contribution in [2.75, 3.05) is 11.5 Å². The van der Waals surface area contributed by atoms with Crippen molar-refractivity contribution in [3.8, 4) is 0 Å². The Morgan fingerprint density at radius 1 is 1.45 bits per heavy atom. The lowest BCUT2D eigenvalue weighted by atomic mass is 10.2. The molecular weight excluding hydrogens is 164 g/mol. The Kier molecular flexibility index (Phi) is 2.87. The molecule has 1 aliphatic rings. The van der Waals surface area contributed by atoms with Crippen LogP contribution in [0.4, 0.5) is 4.79 Å². The van der Waals surface area contributed by atoms with Crippen molar-refractivity contribution in [2.24, 2.45) is 5.73 Å². The maximum Gasteiger partial charge on any atom is 0.312 e. The van der Waals surface area contributed by atoms with E-state index in [1.54, 1.807) is 0 Å². The van der Waals surface area contributed by atoms with Gasteiger partial charge < -0.3 is 11.1 Å². The second-order valence-corrected chi connectivity index (χ2v) is 4.33. The monoisotopic (exact) mass is 176 g/mol. The van der Waals surface area contributed by atoms with Crippen LogP contribution in [-0.4, -0.2) is 27.8 Å². The van der Waals surface area contributed by atoms with Crippen LogP contribution in [0.3, 0.4) is 0 Å². The first kappa shape index (κ1) is 8.52. The molecule has 1 fully saturated rings. The van der Waals surface area contributed by atoms with E-state index in [1.807, 2.05) is 0 Å². The van der Waals surface area contributed by atoms with E-state index in [0.717, 1.165) is 12.8 Å². The minimum absolute atomic E-state index is 0.144. The molecule has 0 aliphatic carbocycles. The molecule has 0 saturated carbocycles. The minimum Gasteiger partial charge on any atom is -0.352 e. The van der Waals surface area contributed by atoms with Crippen molar-refractivity contribution in [1.29, 1.82) is 0 Å². The highest BCUT2D eigenvalue weighted by Crippen LogP contribution is 2.08. The van der Waals surface area contributed by atoms with E-state index in [0.29, 0.717) is 11.5 Å². The summed E-state index contributed by atoms with van der Waals surface area (Å²) >= 11 is 0. The number of hydrogen-bond acceptors (Lipinski definition) is 2. The molecule has 1 rings (SSSR count). The third kappa shape index (κ3) is 2.88. The molecule has 1 saturated heterocycles. The summed E-state index contributed by atoms with van der Waals surface area (Å²) in [6, 6.07) is -0.340. The molecule has 0 unspecified atom stereocenters. The summed E-state index contributed by atoms with van der Waals surface area (Å²) in [6.07, 6.45) is 1.57. The highest BCUT2D eigenvalue weighted by atomic mass is 32.2. The van der Waals surface area contributed by atoms with E-state index in [-0.39, 0.29) is 6.04 Å². The lowest BCUT2D eigenvalue weighted by Gasteiger charge is -2.21. The number of carbonyl (C=O) groups excluding carboxylic acids is 1. The van der Waals surface area contributed by atoms with Gasteiger partial charge >= 0.3 is 6.03 Å². The number of urea groups is 1. The Morgan fingerprint density at radius 3 is 2.45 bits per heavy atom. The number of hydrogen-bond donors (Lipinski definition) is 2. The summed E-state index contributed by atoms with van der Waals surface area (Å²) in [5.41, 5.74) is 4.93. The van der Waals surface area contributed by atoms with Crippen LogP contribution in [-0.2, 0) is 10.8 Å². The fourth-order valence-corrected chi connectivity index (χ4v) is 2.44. The quantitative estimate of drug-likeness (QED) is 0.569. The number of amides is 2. The number of primary amides is 1. The summed E-state index contributed by atoms with van der Waals surface area (Å²) in [6.45, 7) is 0. The zero-order chi connectivity index (χ0) is 8.27. The minimum atomic E-state index is -0.668. The van der Waals surface area contributed by atoms with Crippen molar-refractivity contribution >= 4 is 16.8 Å². The van der Waals surface area contributed by atoms with Crippen LogP contribution in [0.2, 0.25) is 0 Å². The van der Waals surface area contributed by atoms with Gasteiger partial charge in [0, 0.05) is 28.3 Å². The summed E-state index contributed by atoms with van der Waals surface area (Å²) in [4.78, 5) is 10.4. The Balaban J connectivity index is 2.28. The first-order valence-electron chi connectivity index (χ1n) is 3.59. The number of nitrogens with two attached hydrogens (primary N) is 1. The molecule has 2 amide bonds. The number of carbonyl (C=O) groups is 1. The molecule has 4 nitrogen and oxygen atoms in total. The average Bonchev–Trinajstić information content (AvgIpc) is 1.93. The number of rotatable bonds is 1. The molecule has 1 heterocycles. The first-order valence-corrected chi connectivity index (χ1v) is 5.08. The Morgan fingerprint density at radius 2 is 2.00 bits per heavy atom. The second kappa shape index (κ2) is 3.71. The molecule has 0 aromatic carbocycles. The van der Waals surface area contributed by atoms with Gasteiger partial charge in [0.2, 0.25) is 0 Å². The molecule has 1 aliphatic heterocycles. The molecule has 0 aromatic heterocycles. The van der Waals surface area contributed by atoms with E-state index < -0.39 is 16.8 Å². The normalized spacial score (nSPS) is 31.3. The fourth-order valence-electron chi connectivity index (χ4n) is 1.14. The molecular formula is C6H12N2O2S. The van der Waals surface area contributed by atoms with Gasteiger partial charge in [-0.15, -0.1) is 0 Å². The highest BCUT2D eigenvalue weighted by Gasteiger charge is 2.17. The maximum atomic E-state index is 10.9. The van der Waals surface area contributed by atoms with Crippen LogP contribution < -0.4 is 11.1 Å². The molecule has 0 bridgehead atoms. The molecule has 11 heavy (non-hydrogen) atoms. The van der Waals surface area contributed by atoms with Crippen LogP contribution in [0.15, 0.2) is 0 Å². The molecule has 5 heteroatoms. The van der Waals surface area contributed by atoms with E-state index in [4.69, 9.17) is 5.73 Å². The zero-order valence-corrected chi connectivity index (χ0v) is 7.02. The SMILES string of the molecule is NC(=O)NC1CCS(=O)CC1. The van der Waals surface area contributed by atoms with E-state index in [9.17, 15) is 9.00 Å². The summed E-state index contributed by atoms with van der Waals surface area (Å²) in [7, 11) is -0.668. The van der Waals surface area contributed by atoms with Gasteiger partial charge in [0.15, 0.2) is 0 Å². The van der Waals surface area contributed by atoms with Gasteiger partial charge in [0.05, 0.1) is 0 Å². The molecule has 0 aromatic rings.